The Labute approximate surface area is 154 Å². The average molecular weight is 360 g/mol. The zero-order valence-corrected chi connectivity index (χ0v) is 15.6. The number of hydrogen-bond donors (Lipinski definition) is 1. The number of rotatable bonds is 7. The molecule has 1 atom stereocenters. The molecule has 0 unspecified atom stereocenters. The molecule has 6 heteroatoms. The number of likely N-dealkylation sites (tertiary alicyclic amines) is 1. The van der Waals surface area contributed by atoms with Gasteiger partial charge in [0.1, 0.15) is 11.4 Å². The zero-order valence-electron chi connectivity index (χ0n) is 15.6. The van der Waals surface area contributed by atoms with Gasteiger partial charge in [0, 0.05) is 25.9 Å². The lowest BCUT2D eigenvalue weighted by molar-refractivity contribution is -0.138. The maximum Gasteiger partial charge on any atom is 0.260 e. The number of hydrogen-bond acceptors (Lipinski definition) is 4. The largest absolute Gasteiger partial charge is 0.484 e. The van der Waals surface area contributed by atoms with Crippen LogP contribution in [0.4, 0.5) is 5.69 Å². The SMILES string of the molecule is CO[C@](C)(C(=O)Nc1ccc(OCC(=O)N2CCCCC2)cc1)C1CC1. The summed E-state index contributed by atoms with van der Waals surface area (Å²) in [5, 5.41) is 2.90. The van der Waals surface area contributed by atoms with Crippen LogP contribution in [0.3, 0.4) is 0 Å². The molecule has 1 saturated heterocycles. The van der Waals surface area contributed by atoms with Crippen molar-refractivity contribution in [3.63, 3.8) is 0 Å². The van der Waals surface area contributed by atoms with Crippen molar-refractivity contribution >= 4 is 17.5 Å². The standard InChI is InChI=1S/C20H28N2O4/c1-20(25-2,15-6-7-15)19(24)21-16-8-10-17(11-9-16)26-14-18(23)22-12-4-3-5-13-22/h8-11,15H,3-7,12-14H2,1-2H3,(H,21,24)/t20-/m0/s1. The summed E-state index contributed by atoms with van der Waals surface area (Å²) in [5.41, 5.74) is -0.0932. The van der Waals surface area contributed by atoms with Crippen molar-refractivity contribution in [3.8, 4) is 5.75 Å². The van der Waals surface area contributed by atoms with Crippen LogP contribution in [0.25, 0.3) is 0 Å². The quantitative estimate of drug-likeness (QED) is 0.812. The van der Waals surface area contributed by atoms with Crippen molar-refractivity contribution in [2.24, 2.45) is 5.92 Å². The van der Waals surface area contributed by atoms with Gasteiger partial charge in [0.2, 0.25) is 0 Å². The number of methoxy groups -OCH3 is 1. The normalized spacial score (nSPS) is 19.5. The second-order valence-corrected chi connectivity index (χ2v) is 7.29. The topological polar surface area (TPSA) is 67.9 Å². The van der Waals surface area contributed by atoms with Crippen molar-refractivity contribution in [1.29, 1.82) is 0 Å². The average Bonchev–Trinajstić information content (AvgIpc) is 3.53. The Bertz CT molecular complexity index is 636. The molecule has 6 nitrogen and oxygen atoms in total. The summed E-state index contributed by atoms with van der Waals surface area (Å²) in [5.74, 6) is 0.805. The van der Waals surface area contributed by atoms with Gasteiger partial charge in [-0.2, -0.15) is 0 Å². The van der Waals surface area contributed by atoms with E-state index >= 15 is 0 Å². The van der Waals surface area contributed by atoms with Gasteiger partial charge in [-0.15, -0.1) is 0 Å². The fraction of sp³-hybridized carbons (Fsp3) is 0.600. The van der Waals surface area contributed by atoms with E-state index in [9.17, 15) is 9.59 Å². The molecule has 1 aliphatic carbocycles. The zero-order chi connectivity index (χ0) is 18.6. The van der Waals surface area contributed by atoms with Gasteiger partial charge in [0.05, 0.1) is 0 Å². The molecular formula is C20H28N2O4. The van der Waals surface area contributed by atoms with Crippen LogP contribution in [-0.4, -0.2) is 49.1 Å². The number of nitrogens with zero attached hydrogens (tertiary/aromatic N) is 1. The number of benzene rings is 1. The van der Waals surface area contributed by atoms with Crippen LogP contribution in [0, 0.1) is 5.92 Å². The van der Waals surface area contributed by atoms with E-state index in [1.54, 1.807) is 31.4 Å². The highest BCUT2D eigenvalue weighted by Gasteiger charge is 2.47. The molecule has 3 rings (SSSR count). The number of anilines is 1. The highest BCUT2D eigenvalue weighted by atomic mass is 16.5. The van der Waals surface area contributed by atoms with Crippen LogP contribution in [0.15, 0.2) is 24.3 Å². The molecule has 2 amide bonds. The molecule has 0 spiro atoms. The van der Waals surface area contributed by atoms with E-state index in [-0.39, 0.29) is 24.3 Å². The minimum atomic E-state index is -0.782. The number of ether oxygens (including phenoxy) is 2. The van der Waals surface area contributed by atoms with Gasteiger partial charge in [-0.3, -0.25) is 9.59 Å². The minimum Gasteiger partial charge on any atom is -0.484 e. The Hall–Kier alpha value is -2.08. The van der Waals surface area contributed by atoms with Crippen LogP contribution in [-0.2, 0) is 14.3 Å². The molecule has 2 fully saturated rings. The lowest BCUT2D eigenvalue weighted by atomic mass is 9.99. The molecule has 0 bridgehead atoms. The predicted octanol–water partition coefficient (Wildman–Crippen LogP) is 2.83. The van der Waals surface area contributed by atoms with Gasteiger partial charge in [0.15, 0.2) is 6.61 Å². The molecule has 1 aromatic carbocycles. The summed E-state index contributed by atoms with van der Waals surface area (Å²) in [6.45, 7) is 3.54. The number of piperidine rings is 1. The van der Waals surface area contributed by atoms with Crippen LogP contribution in [0.5, 0.6) is 5.75 Å². The monoisotopic (exact) mass is 360 g/mol. The first kappa shape index (κ1) is 18.7. The van der Waals surface area contributed by atoms with Gasteiger partial charge < -0.3 is 19.7 Å². The van der Waals surface area contributed by atoms with E-state index in [1.165, 1.54) is 6.42 Å². The van der Waals surface area contributed by atoms with E-state index in [0.29, 0.717) is 11.4 Å². The van der Waals surface area contributed by atoms with E-state index in [2.05, 4.69) is 5.32 Å². The predicted molar refractivity (Wildman–Crippen MR) is 99.1 cm³/mol. The lowest BCUT2D eigenvalue weighted by Gasteiger charge is -2.27. The fourth-order valence-corrected chi connectivity index (χ4v) is 3.35. The Morgan fingerprint density at radius 2 is 1.81 bits per heavy atom. The van der Waals surface area contributed by atoms with Crippen molar-refractivity contribution < 1.29 is 19.1 Å². The van der Waals surface area contributed by atoms with E-state index in [0.717, 1.165) is 38.8 Å². The molecule has 1 heterocycles. The summed E-state index contributed by atoms with van der Waals surface area (Å²) in [6.07, 6.45) is 5.38. The van der Waals surface area contributed by atoms with Gasteiger partial charge in [0.25, 0.3) is 11.8 Å². The molecule has 0 radical (unpaired) electrons. The van der Waals surface area contributed by atoms with E-state index < -0.39 is 5.60 Å². The molecule has 142 valence electrons. The van der Waals surface area contributed by atoms with Gasteiger partial charge in [-0.1, -0.05) is 0 Å². The maximum absolute atomic E-state index is 12.5. The molecule has 1 aromatic rings. The van der Waals surface area contributed by atoms with Gasteiger partial charge in [-0.25, -0.2) is 0 Å². The smallest absolute Gasteiger partial charge is 0.260 e. The lowest BCUT2D eigenvalue weighted by Crippen LogP contribution is -2.44. The third-order valence-electron chi connectivity index (χ3n) is 5.41. The van der Waals surface area contributed by atoms with Crippen LogP contribution in [0.2, 0.25) is 0 Å². The maximum atomic E-state index is 12.5. The summed E-state index contributed by atoms with van der Waals surface area (Å²) < 4.78 is 11.1. The van der Waals surface area contributed by atoms with E-state index in [1.807, 2.05) is 11.8 Å². The Kier molecular flexibility index (Phi) is 5.81. The van der Waals surface area contributed by atoms with Crippen LogP contribution < -0.4 is 10.1 Å². The van der Waals surface area contributed by atoms with E-state index in [4.69, 9.17) is 9.47 Å². The van der Waals surface area contributed by atoms with Crippen LogP contribution in [0.1, 0.15) is 39.0 Å². The third kappa shape index (κ3) is 4.36. The van der Waals surface area contributed by atoms with Crippen molar-refractivity contribution in [1.82, 2.24) is 4.90 Å². The first-order valence-corrected chi connectivity index (χ1v) is 9.40. The molecule has 26 heavy (non-hydrogen) atoms. The highest BCUT2D eigenvalue weighted by Crippen LogP contribution is 2.42. The summed E-state index contributed by atoms with van der Waals surface area (Å²) >= 11 is 0. The number of carbonyl (C=O) groups excluding carboxylic acids is 2. The first-order valence-electron chi connectivity index (χ1n) is 9.40. The summed E-state index contributed by atoms with van der Waals surface area (Å²) in [4.78, 5) is 26.5. The van der Waals surface area contributed by atoms with Crippen molar-refractivity contribution in [2.75, 3.05) is 32.1 Å². The van der Waals surface area contributed by atoms with Crippen LogP contribution >= 0.6 is 0 Å². The molecule has 1 N–H and O–H groups in total. The molecule has 0 aromatic heterocycles. The minimum absolute atomic E-state index is 0.0300. The van der Waals surface area contributed by atoms with Gasteiger partial charge in [-0.05, 0) is 69.2 Å². The Morgan fingerprint density at radius 3 is 2.38 bits per heavy atom. The Morgan fingerprint density at radius 1 is 1.15 bits per heavy atom. The second kappa shape index (κ2) is 8.08. The van der Waals surface area contributed by atoms with Crippen molar-refractivity contribution in [3.05, 3.63) is 24.3 Å². The molecule has 1 saturated carbocycles. The first-order chi connectivity index (χ1) is 12.5. The molecule has 1 aliphatic heterocycles. The summed E-state index contributed by atoms with van der Waals surface area (Å²) in [7, 11) is 1.58. The van der Waals surface area contributed by atoms with Crippen molar-refractivity contribution in [2.45, 2.75) is 44.6 Å². The molecular weight excluding hydrogens is 332 g/mol. The number of amides is 2. The number of carbonyl (C=O) groups is 2. The second-order valence-electron chi connectivity index (χ2n) is 7.29. The Balaban J connectivity index is 1.50. The highest BCUT2D eigenvalue weighted by molar-refractivity contribution is 5.97. The third-order valence-corrected chi connectivity index (χ3v) is 5.41. The van der Waals surface area contributed by atoms with Gasteiger partial charge >= 0.3 is 0 Å². The summed E-state index contributed by atoms with van der Waals surface area (Å²) in [6, 6.07) is 7.09. The molecule has 2 aliphatic rings. The fourth-order valence-electron chi connectivity index (χ4n) is 3.35. The number of nitrogens with one attached hydrogen (secondary N) is 1.